The van der Waals surface area contributed by atoms with Crippen LogP contribution in [0.3, 0.4) is 0 Å². The van der Waals surface area contributed by atoms with E-state index in [1.54, 1.807) is 30.5 Å². The Morgan fingerprint density at radius 3 is 2.19 bits per heavy atom. The molecule has 8 heteroatoms. The van der Waals surface area contributed by atoms with Gasteiger partial charge in [-0.05, 0) is 65.0 Å². The van der Waals surface area contributed by atoms with E-state index in [4.69, 9.17) is 14.0 Å². The van der Waals surface area contributed by atoms with Crippen molar-refractivity contribution in [3.8, 4) is 32.9 Å². The van der Waals surface area contributed by atoms with Crippen LogP contribution in [-0.2, 0) is 9.59 Å². The van der Waals surface area contributed by atoms with Crippen molar-refractivity contribution in [3.63, 3.8) is 0 Å². The second-order valence-electron chi connectivity index (χ2n) is 9.38. The van der Waals surface area contributed by atoms with Crippen LogP contribution in [-0.4, -0.2) is 40.6 Å². The Balaban J connectivity index is 0.000000972. The molecule has 2 aromatic heterocycles. The number of thiophene rings is 1. The maximum Gasteiger partial charge on any atom is 0.255 e. The van der Waals surface area contributed by atoms with Gasteiger partial charge in [-0.1, -0.05) is 36.4 Å². The van der Waals surface area contributed by atoms with Crippen molar-refractivity contribution in [1.29, 1.82) is 0 Å². The van der Waals surface area contributed by atoms with Crippen LogP contribution in [0.15, 0.2) is 95.4 Å². The van der Waals surface area contributed by atoms with E-state index in [1.807, 2.05) is 44.7 Å². The van der Waals surface area contributed by atoms with Gasteiger partial charge in [0.05, 0.1) is 5.56 Å². The molecule has 1 N–H and O–H groups in total. The van der Waals surface area contributed by atoms with Crippen LogP contribution in [0.4, 0.5) is 10.1 Å². The number of halogens is 1. The molecule has 6 rings (SSSR count). The van der Waals surface area contributed by atoms with E-state index < -0.39 is 0 Å². The molecule has 0 radical (unpaired) electrons. The zero-order valence-electron chi connectivity index (χ0n) is 23.4. The molecule has 0 spiro atoms. The van der Waals surface area contributed by atoms with E-state index in [9.17, 15) is 9.18 Å². The Hall–Kier alpha value is -5.08. The quantitative estimate of drug-likeness (QED) is 0.225. The summed E-state index contributed by atoms with van der Waals surface area (Å²) in [7, 11) is 5.58. The molecule has 0 unspecified atom stereocenters. The molecule has 1 amide bonds. The average Bonchev–Trinajstić information content (AvgIpc) is 3.64. The van der Waals surface area contributed by atoms with Gasteiger partial charge >= 0.3 is 0 Å². The first kappa shape index (κ1) is 29.9. The van der Waals surface area contributed by atoms with Crippen LogP contribution in [0, 0.1) is 5.82 Å². The number of furan rings is 1. The highest BCUT2D eigenvalue weighted by atomic mass is 32.1. The predicted octanol–water partition coefficient (Wildman–Crippen LogP) is 7.84. The van der Waals surface area contributed by atoms with Crippen LogP contribution in [0.2, 0.25) is 0 Å². The lowest BCUT2D eigenvalue weighted by atomic mass is 9.96. The van der Waals surface area contributed by atoms with Gasteiger partial charge in [-0.15, -0.1) is 11.3 Å². The van der Waals surface area contributed by atoms with Crippen LogP contribution >= 0.6 is 11.3 Å². The highest BCUT2D eigenvalue weighted by Crippen LogP contribution is 2.42. The molecule has 0 aliphatic rings. The average molecular weight is 581 g/mol. The number of carbonyl (C=O) groups is 3. The molecule has 6 aromatic rings. The maximum absolute atomic E-state index is 13.6. The number of nitrogens with zero attached hydrogens (tertiary/aromatic N) is 1. The summed E-state index contributed by atoms with van der Waals surface area (Å²) in [4.78, 5) is 32.3. The molecule has 42 heavy (non-hydrogen) atoms. The molecule has 0 atom stereocenters. The van der Waals surface area contributed by atoms with Crippen molar-refractivity contribution in [2.75, 3.05) is 26.0 Å². The highest BCUT2D eigenvalue weighted by Gasteiger charge is 2.24. The fraction of sp³-hybridized carbons (Fsp3) is 0.0882. The number of benzene rings is 4. The number of anilines is 1. The maximum atomic E-state index is 13.6. The molecule has 0 saturated carbocycles. The summed E-state index contributed by atoms with van der Waals surface area (Å²) in [6.45, 7) is 4.00. The summed E-state index contributed by atoms with van der Waals surface area (Å²) in [6, 6.07) is 29.1. The molecule has 0 saturated heterocycles. The zero-order valence-corrected chi connectivity index (χ0v) is 24.3. The third kappa shape index (κ3) is 5.70. The van der Waals surface area contributed by atoms with Gasteiger partial charge in [-0.2, -0.15) is 0 Å². The summed E-state index contributed by atoms with van der Waals surface area (Å²) < 4.78 is 21.1. The van der Waals surface area contributed by atoms with E-state index in [2.05, 4.69) is 59.9 Å². The first-order chi connectivity index (χ1) is 20.4. The Kier molecular flexibility index (Phi) is 9.29. The molecule has 4 aromatic carbocycles. The monoisotopic (exact) mass is 580 g/mol. The van der Waals surface area contributed by atoms with Gasteiger partial charge in [0.15, 0.2) is 0 Å². The van der Waals surface area contributed by atoms with E-state index in [0.29, 0.717) is 27.9 Å². The smallest absolute Gasteiger partial charge is 0.255 e. The number of rotatable bonds is 5. The Morgan fingerprint density at radius 2 is 1.52 bits per heavy atom. The van der Waals surface area contributed by atoms with Gasteiger partial charge in [-0.25, -0.2) is 4.39 Å². The largest absolute Gasteiger partial charge is 0.455 e. The fourth-order valence-electron chi connectivity index (χ4n) is 4.85. The molecule has 0 fully saturated rings. The molecule has 212 valence electrons. The van der Waals surface area contributed by atoms with Crippen LogP contribution in [0.5, 0.6) is 0 Å². The van der Waals surface area contributed by atoms with E-state index in [1.165, 1.54) is 27.1 Å². The van der Waals surface area contributed by atoms with Gasteiger partial charge in [0.25, 0.3) is 5.91 Å². The lowest BCUT2D eigenvalue weighted by Gasteiger charge is -2.18. The molecular formula is C34H29FN2O4S. The van der Waals surface area contributed by atoms with Gasteiger partial charge in [0.1, 0.15) is 30.7 Å². The number of nitrogens with one attached hydrogen (secondary N) is 1. The third-order valence-electron chi connectivity index (χ3n) is 6.73. The number of amides is 1. The summed E-state index contributed by atoms with van der Waals surface area (Å²) in [5, 5.41) is 4.68. The lowest BCUT2D eigenvalue weighted by Crippen LogP contribution is -2.18. The minimum atomic E-state index is -0.345. The van der Waals surface area contributed by atoms with Gasteiger partial charge in [-0.3, -0.25) is 4.79 Å². The van der Waals surface area contributed by atoms with Crippen LogP contribution < -0.4 is 10.2 Å². The van der Waals surface area contributed by atoms with Crippen LogP contribution in [0.1, 0.15) is 10.4 Å². The molecule has 0 bridgehead atoms. The van der Waals surface area contributed by atoms with Gasteiger partial charge in [0.2, 0.25) is 0 Å². The fourth-order valence-corrected chi connectivity index (χ4v) is 5.91. The minimum absolute atomic E-state index is 0.259. The van der Waals surface area contributed by atoms with Crippen molar-refractivity contribution < 1.29 is 23.2 Å². The number of fused-ring (bicyclic) bond motifs is 2. The molecule has 0 aliphatic heterocycles. The van der Waals surface area contributed by atoms with E-state index >= 15 is 0 Å². The Morgan fingerprint density at radius 1 is 0.833 bits per heavy atom. The number of carbonyl (C=O) groups excluding carboxylic acids is 3. The summed E-state index contributed by atoms with van der Waals surface area (Å²) in [5.41, 5.74) is 5.80. The van der Waals surface area contributed by atoms with Gasteiger partial charge in [0, 0.05) is 59.0 Å². The predicted molar refractivity (Wildman–Crippen MR) is 170 cm³/mol. The van der Waals surface area contributed by atoms with Gasteiger partial charge < -0.3 is 24.2 Å². The second kappa shape index (κ2) is 13.1. The summed E-state index contributed by atoms with van der Waals surface area (Å²) in [6.07, 6.45) is 0. The van der Waals surface area contributed by atoms with Crippen molar-refractivity contribution in [2.24, 2.45) is 0 Å². The Labute approximate surface area is 247 Å². The highest BCUT2D eigenvalue weighted by molar-refractivity contribution is 7.22. The molecule has 2 heterocycles. The second-order valence-corrected chi connectivity index (χ2v) is 10.5. The number of hydrogen-bond acceptors (Lipinski definition) is 6. The first-order valence-electron chi connectivity index (χ1n) is 12.9. The number of hydrogen-bond donors (Lipinski definition) is 1. The molecular weight excluding hydrogens is 551 g/mol. The molecule has 6 nitrogen and oxygen atoms in total. The topological polar surface area (TPSA) is 79.6 Å². The molecule has 0 aliphatic carbocycles. The van der Waals surface area contributed by atoms with E-state index in [0.717, 1.165) is 22.4 Å². The normalized spacial score (nSPS) is 10.4. The first-order valence-corrected chi connectivity index (χ1v) is 13.7. The minimum Gasteiger partial charge on any atom is -0.455 e. The lowest BCUT2D eigenvalue weighted by molar-refractivity contribution is -0.0987. The van der Waals surface area contributed by atoms with Crippen molar-refractivity contribution in [2.45, 2.75) is 0 Å². The van der Waals surface area contributed by atoms with Crippen molar-refractivity contribution >= 4 is 57.6 Å². The third-order valence-corrected chi connectivity index (χ3v) is 7.90. The van der Waals surface area contributed by atoms with Crippen molar-refractivity contribution in [1.82, 2.24) is 5.32 Å². The SMILES string of the molecule is C=O.C=O.CNC(=O)c1c(-c2ccc(F)cc2)oc2cc(N(C)C)c(-c3cccc(-c4cc5ccccc5s4)c3)cc12. The standard InChI is InChI=1S/C32H25FN2O2S.2CH2O/c1-34-32(36)30-25-17-24(20-8-6-9-21(15-20)29-16-22-7-4-5-10-28(22)38-29)26(35(2)3)18-27(25)37-31(30)19-11-13-23(33)14-12-19;2*1-2/h4-18H,1-3H3,(H,34,36);2*1H2. The van der Waals surface area contributed by atoms with E-state index in [-0.39, 0.29) is 11.7 Å². The van der Waals surface area contributed by atoms with Crippen LogP contribution in [0.25, 0.3) is 53.9 Å². The summed E-state index contributed by atoms with van der Waals surface area (Å²) >= 11 is 1.77. The summed E-state index contributed by atoms with van der Waals surface area (Å²) in [5.74, 6) is -0.187. The zero-order chi connectivity index (χ0) is 30.4. The van der Waals surface area contributed by atoms with Crippen molar-refractivity contribution in [3.05, 3.63) is 102 Å². The Bertz CT molecular complexity index is 1820.